The fraction of sp³-hybridized carbons (Fsp3) is 0.889. The van der Waals surface area contributed by atoms with Crippen LogP contribution < -0.4 is 4.72 Å². The highest BCUT2D eigenvalue weighted by Gasteiger charge is 2.33. The first-order valence-corrected chi connectivity index (χ1v) is 7.72. The zero-order valence-corrected chi connectivity index (χ0v) is 12.3. The van der Waals surface area contributed by atoms with Gasteiger partial charge in [-0.05, 0) is 12.8 Å². The van der Waals surface area contributed by atoms with Gasteiger partial charge in [-0.1, -0.05) is 28.8 Å². The van der Waals surface area contributed by atoms with Gasteiger partial charge in [0, 0.05) is 17.9 Å². The van der Waals surface area contributed by atoms with E-state index in [1.54, 1.807) is 0 Å². The molecule has 17 heavy (non-hydrogen) atoms. The van der Waals surface area contributed by atoms with Crippen molar-refractivity contribution in [3.8, 4) is 0 Å². The number of hydrogen-bond acceptors (Lipinski definition) is 4. The Labute approximate surface area is 110 Å². The van der Waals surface area contributed by atoms with Gasteiger partial charge < -0.3 is 4.74 Å². The third kappa shape index (κ3) is 3.82. The van der Waals surface area contributed by atoms with E-state index >= 15 is 0 Å². The standard InChI is InChI=1S/C9H17BrN2O4S/c1-12(8-6-4-3-5-7(8)10)17(14,15)11-9(13)16-2/h7-8H,3-6H2,1-2H3,(H,11,13). The van der Waals surface area contributed by atoms with Crippen LogP contribution in [-0.4, -0.2) is 43.8 Å². The topological polar surface area (TPSA) is 75.7 Å². The van der Waals surface area contributed by atoms with Gasteiger partial charge in [-0.25, -0.2) is 9.52 Å². The molecule has 0 heterocycles. The first-order chi connectivity index (χ1) is 7.88. The van der Waals surface area contributed by atoms with Crippen LogP contribution in [0.5, 0.6) is 0 Å². The van der Waals surface area contributed by atoms with E-state index in [1.807, 2.05) is 4.72 Å². The Balaban J connectivity index is 2.73. The number of halogens is 1. The van der Waals surface area contributed by atoms with Gasteiger partial charge in [0.25, 0.3) is 0 Å². The lowest BCUT2D eigenvalue weighted by Gasteiger charge is -2.33. The van der Waals surface area contributed by atoms with Gasteiger partial charge in [-0.15, -0.1) is 0 Å². The number of rotatable bonds is 3. The van der Waals surface area contributed by atoms with Gasteiger partial charge >= 0.3 is 16.3 Å². The van der Waals surface area contributed by atoms with E-state index in [0.29, 0.717) is 0 Å². The minimum absolute atomic E-state index is 0.121. The summed E-state index contributed by atoms with van der Waals surface area (Å²) in [5.74, 6) is 0. The van der Waals surface area contributed by atoms with Crippen molar-refractivity contribution in [1.82, 2.24) is 9.03 Å². The van der Waals surface area contributed by atoms with Crippen LogP contribution in [0, 0.1) is 0 Å². The average molecular weight is 329 g/mol. The van der Waals surface area contributed by atoms with E-state index < -0.39 is 16.3 Å². The van der Waals surface area contributed by atoms with Crippen LogP contribution in [0.4, 0.5) is 4.79 Å². The number of amides is 1. The molecule has 1 N–H and O–H groups in total. The van der Waals surface area contributed by atoms with Crippen molar-refractivity contribution in [3.05, 3.63) is 0 Å². The summed E-state index contributed by atoms with van der Waals surface area (Å²) in [6, 6.07) is -0.133. The molecule has 2 atom stereocenters. The van der Waals surface area contributed by atoms with Crippen LogP contribution in [-0.2, 0) is 14.9 Å². The third-order valence-electron chi connectivity index (χ3n) is 2.89. The molecule has 2 unspecified atom stereocenters. The van der Waals surface area contributed by atoms with Gasteiger partial charge in [0.05, 0.1) is 7.11 Å². The van der Waals surface area contributed by atoms with Crippen molar-refractivity contribution in [1.29, 1.82) is 0 Å². The predicted molar refractivity (Wildman–Crippen MR) is 67.2 cm³/mol. The van der Waals surface area contributed by atoms with E-state index in [0.717, 1.165) is 32.8 Å². The SMILES string of the molecule is COC(=O)NS(=O)(=O)N(C)C1CCCCC1Br. The van der Waals surface area contributed by atoms with Gasteiger partial charge in [0.1, 0.15) is 0 Å². The number of methoxy groups -OCH3 is 1. The first-order valence-electron chi connectivity index (χ1n) is 5.36. The fourth-order valence-electron chi connectivity index (χ4n) is 1.87. The molecule has 1 fully saturated rings. The minimum atomic E-state index is -3.83. The lowest BCUT2D eigenvalue weighted by Crippen LogP contribution is -2.50. The molecule has 100 valence electrons. The minimum Gasteiger partial charge on any atom is -0.452 e. The Kier molecular flexibility index (Phi) is 5.21. The van der Waals surface area contributed by atoms with Gasteiger partial charge in [-0.2, -0.15) is 12.7 Å². The summed E-state index contributed by atoms with van der Waals surface area (Å²) in [5.41, 5.74) is 0. The van der Waals surface area contributed by atoms with Crippen LogP contribution in [0.2, 0.25) is 0 Å². The maximum absolute atomic E-state index is 11.8. The Bertz CT molecular complexity index is 373. The number of carbonyl (C=O) groups excluding carboxylic acids is 1. The number of nitrogens with one attached hydrogen (secondary N) is 1. The first kappa shape index (κ1) is 14.7. The second-order valence-corrected chi connectivity index (χ2v) is 6.89. The lowest BCUT2D eigenvalue weighted by molar-refractivity contribution is 0.176. The summed E-state index contributed by atoms with van der Waals surface area (Å²) in [5, 5.41) is 0. The van der Waals surface area contributed by atoms with Crippen LogP contribution in [0.3, 0.4) is 0 Å². The summed E-state index contributed by atoms with van der Waals surface area (Å²) in [6.45, 7) is 0. The quantitative estimate of drug-likeness (QED) is 0.790. The van der Waals surface area contributed by atoms with E-state index in [4.69, 9.17) is 0 Å². The molecule has 0 saturated heterocycles. The number of ether oxygens (including phenoxy) is 1. The van der Waals surface area contributed by atoms with Crippen LogP contribution in [0.1, 0.15) is 25.7 Å². The highest BCUT2D eigenvalue weighted by Crippen LogP contribution is 2.28. The molecule has 0 aromatic rings. The summed E-state index contributed by atoms with van der Waals surface area (Å²) in [6.07, 6.45) is 2.83. The zero-order chi connectivity index (χ0) is 13.1. The average Bonchev–Trinajstić information content (AvgIpc) is 2.28. The number of alkyl halides is 1. The second-order valence-electron chi connectivity index (χ2n) is 3.98. The molecular weight excluding hydrogens is 312 g/mol. The molecule has 0 aromatic carbocycles. The molecule has 1 rings (SSSR count). The molecule has 0 aromatic heterocycles. The molecule has 1 aliphatic rings. The molecule has 8 heteroatoms. The van der Waals surface area contributed by atoms with Gasteiger partial charge in [0.15, 0.2) is 0 Å². The molecule has 1 amide bonds. The van der Waals surface area contributed by atoms with Crippen molar-refractivity contribution in [3.63, 3.8) is 0 Å². The molecule has 0 aliphatic heterocycles. The summed E-state index contributed by atoms with van der Waals surface area (Å²) < 4.78 is 31.0. The molecule has 1 saturated carbocycles. The Morgan fingerprint density at radius 1 is 1.41 bits per heavy atom. The van der Waals surface area contributed by atoms with Crippen LogP contribution >= 0.6 is 15.9 Å². The Morgan fingerprint density at radius 2 is 2.00 bits per heavy atom. The van der Waals surface area contributed by atoms with E-state index in [9.17, 15) is 13.2 Å². The number of carbonyl (C=O) groups is 1. The maximum Gasteiger partial charge on any atom is 0.421 e. The Hall–Kier alpha value is -0.340. The van der Waals surface area contributed by atoms with Crippen molar-refractivity contribution < 1.29 is 17.9 Å². The monoisotopic (exact) mass is 328 g/mol. The summed E-state index contributed by atoms with van der Waals surface area (Å²) in [7, 11) is -1.23. The van der Waals surface area contributed by atoms with Crippen LogP contribution in [0.15, 0.2) is 0 Å². The lowest BCUT2D eigenvalue weighted by atomic mass is 9.96. The smallest absolute Gasteiger partial charge is 0.421 e. The fourth-order valence-corrected chi connectivity index (χ4v) is 4.02. The van der Waals surface area contributed by atoms with E-state index in [-0.39, 0.29) is 10.9 Å². The van der Waals surface area contributed by atoms with Crippen molar-refractivity contribution in [2.45, 2.75) is 36.6 Å². The summed E-state index contributed by atoms with van der Waals surface area (Å²) in [4.78, 5) is 11.1. The molecule has 0 spiro atoms. The van der Waals surface area contributed by atoms with Crippen molar-refractivity contribution >= 4 is 32.2 Å². The zero-order valence-electron chi connectivity index (χ0n) is 9.85. The highest BCUT2D eigenvalue weighted by molar-refractivity contribution is 9.09. The molecule has 0 radical (unpaired) electrons. The number of hydrogen-bond donors (Lipinski definition) is 1. The Morgan fingerprint density at radius 3 is 2.53 bits per heavy atom. The number of nitrogens with zero attached hydrogens (tertiary/aromatic N) is 1. The van der Waals surface area contributed by atoms with Gasteiger partial charge in [-0.3, -0.25) is 0 Å². The summed E-state index contributed by atoms with van der Waals surface area (Å²) >= 11 is 3.48. The van der Waals surface area contributed by atoms with Crippen LogP contribution in [0.25, 0.3) is 0 Å². The normalized spacial score (nSPS) is 25.6. The van der Waals surface area contributed by atoms with Crippen molar-refractivity contribution in [2.75, 3.05) is 14.2 Å². The maximum atomic E-state index is 11.8. The largest absolute Gasteiger partial charge is 0.452 e. The third-order valence-corrected chi connectivity index (χ3v) is 5.41. The molecule has 0 bridgehead atoms. The predicted octanol–water partition coefficient (Wildman–Crippen LogP) is 1.23. The van der Waals surface area contributed by atoms with E-state index in [1.165, 1.54) is 11.4 Å². The van der Waals surface area contributed by atoms with Crippen molar-refractivity contribution in [2.24, 2.45) is 0 Å². The molecular formula is C9H17BrN2O4S. The van der Waals surface area contributed by atoms with Gasteiger partial charge in [0.2, 0.25) is 0 Å². The van der Waals surface area contributed by atoms with E-state index in [2.05, 4.69) is 20.7 Å². The molecule has 1 aliphatic carbocycles. The highest BCUT2D eigenvalue weighted by atomic mass is 79.9. The second kappa shape index (κ2) is 6.01. The molecule has 6 nitrogen and oxygen atoms in total.